The smallest absolute Gasteiger partial charge is 0.342 e. The molecule has 1 N–H and O–H groups in total. The molecule has 1 amide bonds. The highest BCUT2D eigenvalue weighted by Crippen LogP contribution is 2.38. The number of carbonyl (C=O) groups is 2. The number of nitrogens with one attached hydrogen (secondary N) is 1. The molecule has 0 spiro atoms. The molecule has 0 aliphatic carbocycles. The first-order valence-corrected chi connectivity index (χ1v) is 11.9. The second-order valence-corrected chi connectivity index (χ2v) is 9.27. The summed E-state index contributed by atoms with van der Waals surface area (Å²) in [5, 5.41) is 9.30. The fourth-order valence-corrected chi connectivity index (χ4v) is 4.60. The number of aryl methyl sites for hydroxylation is 3. The van der Waals surface area contributed by atoms with Gasteiger partial charge in [0.25, 0.3) is 5.91 Å². The molecular formula is C27H26N2O4S. The SMILES string of the molecule is Cc1ccc(-c2csc(NC(=O)c3c(-c4ccccc4)noc3C)c2C(=O)OC(C)C)cc1C. The van der Waals surface area contributed by atoms with Crippen molar-refractivity contribution >= 4 is 28.2 Å². The number of ether oxygens (including phenoxy) is 1. The highest BCUT2D eigenvalue weighted by atomic mass is 32.1. The number of esters is 1. The Kier molecular flexibility index (Phi) is 6.65. The minimum Gasteiger partial charge on any atom is -0.459 e. The van der Waals surface area contributed by atoms with E-state index in [9.17, 15) is 9.59 Å². The molecule has 0 saturated heterocycles. The van der Waals surface area contributed by atoms with Crippen molar-refractivity contribution in [3.63, 3.8) is 0 Å². The van der Waals surface area contributed by atoms with Gasteiger partial charge in [-0.1, -0.05) is 53.7 Å². The van der Waals surface area contributed by atoms with Crippen molar-refractivity contribution in [3.05, 3.63) is 81.9 Å². The van der Waals surface area contributed by atoms with E-state index in [1.165, 1.54) is 11.3 Å². The Labute approximate surface area is 202 Å². The number of hydrogen-bond donors (Lipinski definition) is 1. The summed E-state index contributed by atoms with van der Waals surface area (Å²) in [5.74, 6) is -0.483. The van der Waals surface area contributed by atoms with Crippen LogP contribution in [0, 0.1) is 20.8 Å². The van der Waals surface area contributed by atoms with E-state index >= 15 is 0 Å². The number of carbonyl (C=O) groups excluding carboxylic acids is 2. The molecule has 2 aromatic heterocycles. The van der Waals surface area contributed by atoms with Crippen molar-refractivity contribution in [1.29, 1.82) is 0 Å². The maximum Gasteiger partial charge on any atom is 0.342 e. The third-order valence-electron chi connectivity index (χ3n) is 5.52. The van der Waals surface area contributed by atoms with E-state index in [4.69, 9.17) is 9.26 Å². The zero-order chi connectivity index (χ0) is 24.4. The molecule has 0 bridgehead atoms. The van der Waals surface area contributed by atoms with Crippen LogP contribution in [0.1, 0.15) is 51.5 Å². The first kappa shape index (κ1) is 23.4. The first-order valence-electron chi connectivity index (χ1n) is 11.0. The van der Waals surface area contributed by atoms with Crippen molar-refractivity contribution < 1.29 is 18.8 Å². The molecule has 6 nitrogen and oxygen atoms in total. The van der Waals surface area contributed by atoms with Crippen LogP contribution >= 0.6 is 11.3 Å². The maximum atomic E-state index is 13.4. The molecule has 7 heteroatoms. The van der Waals surface area contributed by atoms with Crippen LogP contribution in [-0.2, 0) is 4.74 Å². The van der Waals surface area contributed by atoms with Gasteiger partial charge in [-0.3, -0.25) is 4.79 Å². The number of amides is 1. The monoisotopic (exact) mass is 474 g/mol. The molecule has 2 aromatic carbocycles. The van der Waals surface area contributed by atoms with E-state index in [2.05, 4.69) is 10.5 Å². The minimum absolute atomic E-state index is 0.298. The lowest BCUT2D eigenvalue weighted by Gasteiger charge is -2.12. The predicted molar refractivity (Wildman–Crippen MR) is 134 cm³/mol. The van der Waals surface area contributed by atoms with Gasteiger partial charge in [-0.05, 0) is 51.3 Å². The Bertz CT molecular complexity index is 1350. The van der Waals surface area contributed by atoms with E-state index in [1.54, 1.807) is 20.8 Å². The van der Waals surface area contributed by atoms with Gasteiger partial charge in [0, 0.05) is 16.5 Å². The minimum atomic E-state index is -0.481. The fraction of sp³-hybridized carbons (Fsp3) is 0.222. The van der Waals surface area contributed by atoms with Crippen LogP contribution in [-0.4, -0.2) is 23.1 Å². The summed E-state index contributed by atoms with van der Waals surface area (Å²) in [6, 6.07) is 15.4. The van der Waals surface area contributed by atoms with Crippen LogP contribution in [0.2, 0.25) is 0 Å². The van der Waals surface area contributed by atoms with E-state index in [-0.39, 0.29) is 6.10 Å². The lowest BCUT2D eigenvalue weighted by Crippen LogP contribution is -2.17. The second-order valence-electron chi connectivity index (χ2n) is 8.39. The molecule has 0 aliphatic heterocycles. The van der Waals surface area contributed by atoms with Gasteiger partial charge in [0.05, 0.1) is 6.10 Å². The van der Waals surface area contributed by atoms with Crippen molar-refractivity contribution in [2.24, 2.45) is 0 Å². The summed E-state index contributed by atoms with van der Waals surface area (Å²) in [7, 11) is 0. The second kappa shape index (κ2) is 9.65. The van der Waals surface area contributed by atoms with Crippen molar-refractivity contribution in [1.82, 2.24) is 5.16 Å². The van der Waals surface area contributed by atoms with Gasteiger partial charge in [-0.2, -0.15) is 0 Å². The number of rotatable bonds is 6. The lowest BCUT2D eigenvalue weighted by molar-refractivity contribution is 0.0380. The molecule has 174 valence electrons. The van der Waals surface area contributed by atoms with Crippen molar-refractivity contribution in [2.75, 3.05) is 5.32 Å². The van der Waals surface area contributed by atoms with Crippen LogP contribution in [0.4, 0.5) is 5.00 Å². The van der Waals surface area contributed by atoms with E-state index in [0.29, 0.717) is 27.6 Å². The Morgan fingerprint density at radius 1 is 0.971 bits per heavy atom. The van der Waals surface area contributed by atoms with Crippen LogP contribution in [0.3, 0.4) is 0 Å². The lowest BCUT2D eigenvalue weighted by atomic mass is 9.99. The predicted octanol–water partition coefficient (Wildman–Crippen LogP) is 6.81. The zero-order valence-corrected chi connectivity index (χ0v) is 20.6. The van der Waals surface area contributed by atoms with Crippen molar-refractivity contribution in [2.45, 2.75) is 40.7 Å². The molecule has 34 heavy (non-hydrogen) atoms. The van der Waals surface area contributed by atoms with Crippen LogP contribution in [0.5, 0.6) is 0 Å². The third-order valence-corrected chi connectivity index (χ3v) is 6.42. The molecule has 2 heterocycles. The number of aromatic nitrogens is 1. The summed E-state index contributed by atoms with van der Waals surface area (Å²) in [5.41, 5.74) is 5.78. The van der Waals surface area contributed by atoms with Gasteiger partial charge in [-0.15, -0.1) is 11.3 Å². The molecule has 0 aliphatic rings. The molecule has 0 unspecified atom stereocenters. The molecule has 4 aromatic rings. The Hall–Kier alpha value is -3.71. The number of benzene rings is 2. The van der Waals surface area contributed by atoms with E-state index in [1.807, 2.05) is 67.8 Å². The zero-order valence-electron chi connectivity index (χ0n) is 19.8. The first-order chi connectivity index (χ1) is 16.3. The Morgan fingerprint density at radius 2 is 1.71 bits per heavy atom. The summed E-state index contributed by atoms with van der Waals surface area (Å²) in [6.07, 6.45) is -0.298. The van der Waals surface area contributed by atoms with Crippen molar-refractivity contribution in [3.8, 4) is 22.4 Å². The summed E-state index contributed by atoms with van der Waals surface area (Å²) in [4.78, 5) is 26.5. The van der Waals surface area contributed by atoms with Crippen LogP contribution in [0.25, 0.3) is 22.4 Å². The average Bonchev–Trinajstić information content (AvgIpc) is 3.39. The maximum absolute atomic E-state index is 13.4. The Balaban J connectivity index is 1.75. The van der Waals surface area contributed by atoms with Gasteiger partial charge in [0.15, 0.2) is 0 Å². The average molecular weight is 475 g/mol. The molecule has 0 fully saturated rings. The van der Waals surface area contributed by atoms with Gasteiger partial charge >= 0.3 is 5.97 Å². The standard InChI is InChI=1S/C27H26N2O4S/c1-15(2)32-27(31)23-21(20-12-11-16(3)17(4)13-20)14-34-26(23)28-25(30)22-18(5)33-29-24(22)19-9-7-6-8-10-19/h6-15H,1-5H3,(H,28,30). The number of thiophene rings is 1. The summed E-state index contributed by atoms with van der Waals surface area (Å²) < 4.78 is 10.9. The van der Waals surface area contributed by atoms with Gasteiger partial charge in [-0.25, -0.2) is 4.79 Å². The highest BCUT2D eigenvalue weighted by molar-refractivity contribution is 7.15. The van der Waals surface area contributed by atoms with Crippen LogP contribution < -0.4 is 5.32 Å². The van der Waals surface area contributed by atoms with Gasteiger partial charge in [0.2, 0.25) is 0 Å². The van der Waals surface area contributed by atoms with E-state index < -0.39 is 11.9 Å². The number of nitrogens with zero attached hydrogens (tertiary/aromatic N) is 1. The Morgan fingerprint density at radius 3 is 2.38 bits per heavy atom. The van der Waals surface area contributed by atoms with Gasteiger partial charge in [0.1, 0.15) is 27.6 Å². The fourth-order valence-electron chi connectivity index (χ4n) is 3.65. The molecule has 4 rings (SSSR count). The normalized spacial score (nSPS) is 11.0. The number of anilines is 1. The highest BCUT2D eigenvalue weighted by Gasteiger charge is 2.27. The number of hydrogen-bond acceptors (Lipinski definition) is 6. The molecule has 0 saturated carbocycles. The van der Waals surface area contributed by atoms with E-state index in [0.717, 1.165) is 27.8 Å². The molecule has 0 atom stereocenters. The largest absolute Gasteiger partial charge is 0.459 e. The third kappa shape index (κ3) is 4.65. The summed E-state index contributed by atoms with van der Waals surface area (Å²) >= 11 is 1.29. The van der Waals surface area contributed by atoms with Crippen LogP contribution in [0.15, 0.2) is 58.4 Å². The quantitative estimate of drug-likeness (QED) is 0.310. The molecule has 0 radical (unpaired) electrons. The molecular weight excluding hydrogens is 448 g/mol. The van der Waals surface area contributed by atoms with Gasteiger partial charge < -0.3 is 14.6 Å². The summed E-state index contributed by atoms with van der Waals surface area (Å²) in [6.45, 7) is 9.35. The topological polar surface area (TPSA) is 81.4 Å².